The molecule has 0 saturated carbocycles. The lowest BCUT2D eigenvalue weighted by Gasteiger charge is -2.30. The number of imidazole rings is 1. The zero-order valence-corrected chi connectivity index (χ0v) is 12.2. The van der Waals surface area contributed by atoms with Gasteiger partial charge in [0, 0.05) is 12.5 Å². The molecule has 21 heavy (non-hydrogen) atoms. The van der Waals surface area contributed by atoms with Gasteiger partial charge in [-0.2, -0.15) is 5.26 Å². The first-order valence-corrected chi connectivity index (χ1v) is 7.38. The minimum Gasteiger partial charge on any atom is -0.329 e. The molecule has 0 fully saturated rings. The Hall–Kier alpha value is -2.38. The summed E-state index contributed by atoms with van der Waals surface area (Å²) in [5, 5.41) is 9.19. The minimum atomic E-state index is 0.512. The van der Waals surface area contributed by atoms with Crippen LogP contribution in [0.3, 0.4) is 0 Å². The van der Waals surface area contributed by atoms with Crippen LogP contribution in [-0.4, -0.2) is 9.55 Å². The lowest BCUT2D eigenvalue weighted by atomic mass is 9.77. The Morgan fingerprint density at radius 2 is 2.10 bits per heavy atom. The normalized spacial score (nSPS) is 16.2. The van der Waals surface area contributed by atoms with Crippen molar-refractivity contribution in [3.63, 3.8) is 0 Å². The van der Waals surface area contributed by atoms with E-state index >= 15 is 0 Å². The van der Waals surface area contributed by atoms with Crippen LogP contribution in [0.2, 0.25) is 0 Å². The van der Waals surface area contributed by atoms with Crippen LogP contribution in [0.1, 0.15) is 22.6 Å². The van der Waals surface area contributed by atoms with Gasteiger partial charge in [0.2, 0.25) is 0 Å². The van der Waals surface area contributed by atoms with E-state index in [-0.39, 0.29) is 0 Å². The van der Waals surface area contributed by atoms with Gasteiger partial charge in [0.25, 0.3) is 0 Å². The van der Waals surface area contributed by atoms with Crippen molar-refractivity contribution in [2.24, 2.45) is 0 Å². The standard InChI is InChI=1S/C17H13N3S/c18-9-12-5-3-7-15-16(12)19-17(21)20(15)10-13-8-11-4-1-2-6-14(11)13/h1-7,13H,8,10H2,(H,19,21). The Balaban J connectivity index is 1.78. The molecule has 1 heterocycles. The van der Waals surface area contributed by atoms with Crippen molar-refractivity contribution in [2.45, 2.75) is 18.9 Å². The average molecular weight is 291 g/mol. The molecule has 4 heteroatoms. The van der Waals surface area contributed by atoms with Gasteiger partial charge in [-0.3, -0.25) is 0 Å². The summed E-state index contributed by atoms with van der Waals surface area (Å²) in [7, 11) is 0. The van der Waals surface area contributed by atoms with Gasteiger partial charge < -0.3 is 9.55 Å². The number of nitrogens with zero attached hydrogens (tertiary/aromatic N) is 2. The fourth-order valence-electron chi connectivity index (χ4n) is 3.20. The summed E-state index contributed by atoms with van der Waals surface area (Å²) in [6.07, 6.45) is 1.10. The Morgan fingerprint density at radius 1 is 1.24 bits per heavy atom. The van der Waals surface area contributed by atoms with Crippen LogP contribution in [0.25, 0.3) is 11.0 Å². The molecular formula is C17H13N3S. The number of H-pyrrole nitrogens is 1. The Morgan fingerprint density at radius 3 is 2.90 bits per heavy atom. The first-order valence-electron chi connectivity index (χ1n) is 6.97. The molecule has 0 saturated heterocycles. The molecule has 2 aromatic carbocycles. The van der Waals surface area contributed by atoms with E-state index in [2.05, 4.69) is 39.9 Å². The fraction of sp³-hybridized carbons (Fsp3) is 0.176. The maximum Gasteiger partial charge on any atom is 0.178 e. The molecule has 1 aliphatic rings. The number of nitrogens with one attached hydrogen (secondary N) is 1. The van der Waals surface area contributed by atoms with Crippen LogP contribution in [-0.2, 0) is 13.0 Å². The SMILES string of the molecule is N#Cc1cccc2c1[nH]c(=S)n2CC1Cc2ccccc21. The Bertz CT molecular complexity index is 943. The number of hydrogen-bond donors (Lipinski definition) is 1. The van der Waals surface area contributed by atoms with E-state index in [1.165, 1.54) is 11.1 Å². The molecular weight excluding hydrogens is 278 g/mol. The molecule has 3 aromatic rings. The third kappa shape index (κ3) is 1.82. The largest absolute Gasteiger partial charge is 0.329 e. The van der Waals surface area contributed by atoms with Gasteiger partial charge in [-0.25, -0.2) is 0 Å². The second-order valence-corrected chi connectivity index (χ2v) is 5.84. The van der Waals surface area contributed by atoms with Gasteiger partial charge in [-0.1, -0.05) is 30.3 Å². The number of benzene rings is 2. The van der Waals surface area contributed by atoms with E-state index in [1.54, 1.807) is 0 Å². The molecule has 102 valence electrons. The van der Waals surface area contributed by atoms with Gasteiger partial charge in [0.15, 0.2) is 4.77 Å². The highest BCUT2D eigenvalue weighted by molar-refractivity contribution is 7.71. The zero-order valence-electron chi connectivity index (χ0n) is 11.3. The number of aromatic amines is 1. The average Bonchev–Trinajstić information content (AvgIpc) is 2.80. The van der Waals surface area contributed by atoms with Crippen molar-refractivity contribution in [2.75, 3.05) is 0 Å². The predicted octanol–water partition coefficient (Wildman–Crippen LogP) is 3.91. The number of para-hydroxylation sites is 1. The van der Waals surface area contributed by atoms with E-state index in [1.807, 2.05) is 18.2 Å². The number of rotatable bonds is 2. The topological polar surface area (TPSA) is 44.5 Å². The van der Waals surface area contributed by atoms with Crippen LogP contribution in [0.15, 0.2) is 42.5 Å². The van der Waals surface area contributed by atoms with Crippen molar-refractivity contribution in [3.05, 3.63) is 63.9 Å². The van der Waals surface area contributed by atoms with Gasteiger partial charge in [-0.15, -0.1) is 0 Å². The first-order chi connectivity index (χ1) is 10.3. The lowest BCUT2D eigenvalue weighted by molar-refractivity contribution is 0.513. The molecule has 1 atom stereocenters. The molecule has 3 nitrogen and oxygen atoms in total. The van der Waals surface area contributed by atoms with Gasteiger partial charge in [0.1, 0.15) is 6.07 Å². The molecule has 0 amide bonds. The smallest absolute Gasteiger partial charge is 0.178 e. The first kappa shape index (κ1) is 12.4. The van der Waals surface area contributed by atoms with Gasteiger partial charge in [0.05, 0.1) is 16.6 Å². The maximum absolute atomic E-state index is 9.19. The zero-order chi connectivity index (χ0) is 14.4. The summed E-state index contributed by atoms with van der Waals surface area (Å²) < 4.78 is 2.81. The third-order valence-corrected chi connectivity index (χ3v) is 4.62. The monoisotopic (exact) mass is 291 g/mol. The van der Waals surface area contributed by atoms with E-state index < -0.39 is 0 Å². The van der Waals surface area contributed by atoms with Crippen molar-refractivity contribution in [1.29, 1.82) is 5.26 Å². The highest BCUT2D eigenvalue weighted by atomic mass is 32.1. The molecule has 1 N–H and O–H groups in total. The lowest BCUT2D eigenvalue weighted by Crippen LogP contribution is -2.21. The second-order valence-electron chi connectivity index (χ2n) is 5.45. The number of nitriles is 1. The summed E-state index contributed by atoms with van der Waals surface area (Å²) >= 11 is 5.45. The molecule has 1 unspecified atom stereocenters. The van der Waals surface area contributed by atoms with Crippen molar-refractivity contribution < 1.29 is 0 Å². The number of fused-ring (bicyclic) bond motifs is 2. The minimum absolute atomic E-state index is 0.512. The summed E-state index contributed by atoms with van der Waals surface area (Å²) in [6.45, 7) is 0.866. The van der Waals surface area contributed by atoms with Crippen LogP contribution >= 0.6 is 12.2 Å². The van der Waals surface area contributed by atoms with Crippen molar-refractivity contribution in [1.82, 2.24) is 9.55 Å². The summed E-state index contributed by atoms with van der Waals surface area (Å²) in [5.41, 5.74) is 5.36. The van der Waals surface area contributed by atoms with Crippen LogP contribution in [0.4, 0.5) is 0 Å². The van der Waals surface area contributed by atoms with Gasteiger partial charge in [-0.05, 0) is 41.9 Å². The number of hydrogen-bond acceptors (Lipinski definition) is 2. The Labute approximate surface area is 127 Å². The highest BCUT2D eigenvalue weighted by Gasteiger charge is 2.26. The molecule has 0 radical (unpaired) electrons. The molecule has 0 spiro atoms. The van der Waals surface area contributed by atoms with Gasteiger partial charge >= 0.3 is 0 Å². The molecule has 1 aliphatic carbocycles. The van der Waals surface area contributed by atoms with Crippen molar-refractivity contribution in [3.8, 4) is 6.07 Å². The quantitative estimate of drug-likeness (QED) is 0.727. The summed E-state index contributed by atoms with van der Waals surface area (Å²) in [5.74, 6) is 0.512. The van der Waals surface area contributed by atoms with Crippen LogP contribution in [0, 0.1) is 16.1 Å². The molecule has 1 aromatic heterocycles. The van der Waals surface area contributed by atoms with E-state index in [4.69, 9.17) is 12.2 Å². The molecule has 4 rings (SSSR count). The van der Waals surface area contributed by atoms with E-state index in [9.17, 15) is 5.26 Å². The summed E-state index contributed by atoms with van der Waals surface area (Å²) in [4.78, 5) is 3.18. The Kier molecular flexibility index (Phi) is 2.69. The van der Waals surface area contributed by atoms with Crippen LogP contribution in [0.5, 0.6) is 0 Å². The van der Waals surface area contributed by atoms with Crippen molar-refractivity contribution >= 4 is 23.3 Å². The van der Waals surface area contributed by atoms with Crippen LogP contribution < -0.4 is 0 Å². The predicted molar refractivity (Wildman–Crippen MR) is 84.7 cm³/mol. The highest BCUT2D eigenvalue weighted by Crippen LogP contribution is 2.36. The molecule has 0 bridgehead atoms. The third-order valence-electron chi connectivity index (χ3n) is 4.29. The van der Waals surface area contributed by atoms with E-state index in [0.29, 0.717) is 16.3 Å². The van der Waals surface area contributed by atoms with E-state index in [0.717, 1.165) is 24.0 Å². The maximum atomic E-state index is 9.19. The molecule has 0 aliphatic heterocycles. The fourth-order valence-corrected chi connectivity index (χ4v) is 3.48. The summed E-state index contributed by atoms with van der Waals surface area (Å²) in [6, 6.07) is 16.5. The second kappa shape index (κ2) is 4.57. The number of aromatic nitrogens is 2.